The van der Waals surface area contributed by atoms with Crippen LogP contribution in [0.5, 0.6) is 0 Å². The molecule has 0 amide bonds. The number of rotatable bonds is 5. The van der Waals surface area contributed by atoms with Gasteiger partial charge in [0.2, 0.25) is 0 Å². The van der Waals surface area contributed by atoms with Crippen LogP contribution in [0.3, 0.4) is 0 Å². The number of fused-ring (bicyclic) bond motifs is 1. The Labute approximate surface area is 195 Å². The van der Waals surface area contributed by atoms with Gasteiger partial charge in [0.1, 0.15) is 0 Å². The van der Waals surface area contributed by atoms with Gasteiger partial charge in [0.05, 0.1) is 17.8 Å². The maximum Gasteiger partial charge on any atom is 0.0811 e. The van der Waals surface area contributed by atoms with E-state index in [2.05, 4.69) is 44.7 Å². The molecule has 32 heavy (non-hydrogen) atoms. The molecule has 178 valence electrons. The second-order valence-electron chi connectivity index (χ2n) is 12.1. The third-order valence-corrected chi connectivity index (χ3v) is 9.66. The Bertz CT molecular complexity index is 822. The summed E-state index contributed by atoms with van der Waals surface area (Å²) in [7, 11) is 0. The molecule has 0 aromatic heterocycles. The zero-order valence-electron chi connectivity index (χ0n) is 20.6. The van der Waals surface area contributed by atoms with E-state index in [1.54, 1.807) is 5.57 Å². The van der Waals surface area contributed by atoms with E-state index in [0.29, 0.717) is 36.0 Å². The molecule has 0 radical (unpaired) electrons. The quantitative estimate of drug-likeness (QED) is 0.469. The molecule has 0 bridgehead atoms. The average Bonchev–Trinajstić information content (AvgIpc) is 3.43. The largest absolute Gasteiger partial charge is 0.393 e. The van der Waals surface area contributed by atoms with Crippen LogP contribution in [0.2, 0.25) is 0 Å². The average molecular weight is 441 g/mol. The molecule has 4 aliphatic carbocycles. The van der Waals surface area contributed by atoms with E-state index in [1.807, 2.05) is 13.8 Å². The lowest BCUT2D eigenvalue weighted by Gasteiger charge is -2.44. The van der Waals surface area contributed by atoms with Gasteiger partial charge in [0, 0.05) is 11.8 Å². The van der Waals surface area contributed by atoms with Crippen molar-refractivity contribution >= 4 is 0 Å². The SMILES string of the molecule is C=C1/C(=C\C=C2/CCC[C@]3(C)[C@@H]([C@H](C)/C=C/C4(C(C)(C)O)CC4)CC[C@@H]23)C[C@@H](O)C[C@@H]1O. The monoisotopic (exact) mass is 440 g/mol. The van der Waals surface area contributed by atoms with Gasteiger partial charge in [-0.3, -0.25) is 0 Å². The molecule has 6 atom stereocenters. The van der Waals surface area contributed by atoms with Crippen molar-refractivity contribution in [1.29, 1.82) is 0 Å². The highest BCUT2D eigenvalue weighted by atomic mass is 16.3. The fraction of sp³-hybridized carbons (Fsp3) is 0.724. The molecule has 0 spiro atoms. The molecule has 3 nitrogen and oxygen atoms in total. The molecule has 0 aliphatic heterocycles. The predicted molar refractivity (Wildman–Crippen MR) is 131 cm³/mol. The summed E-state index contributed by atoms with van der Waals surface area (Å²) in [5, 5.41) is 30.8. The predicted octanol–water partition coefficient (Wildman–Crippen LogP) is 5.87. The second-order valence-corrected chi connectivity index (χ2v) is 12.1. The van der Waals surface area contributed by atoms with E-state index in [1.165, 1.54) is 25.7 Å². The van der Waals surface area contributed by atoms with E-state index in [0.717, 1.165) is 30.4 Å². The van der Waals surface area contributed by atoms with Crippen LogP contribution in [-0.2, 0) is 0 Å². The normalized spacial score (nSPS) is 40.8. The van der Waals surface area contributed by atoms with Crippen LogP contribution >= 0.6 is 0 Å². The van der Waals surface area contributed by atoms with Crippen molar-refractivity contribution in [1.82, 2.24) is 0 Å². The third kappa shape index (κ3) is 4.33. The molecule has 4 aliphatic rings. The van der Waals surface area contributed by atoms with Crippen LogP contribution < -0.4 is 0 Å². The lowest BCUT2D eigenvalue weighted by atomic mass is 9.61. The topological polar surface area (TPSA) is 60.7 Å². The lowest BCUT2D eigenvalue weighted by molar-refractivity contribution is 0.0241. The molecule has 3 N–H and O–H groups in total. The first-order chi connectivity index (χ1) is 15.0. The van der Waals surface area contributed by atoms with Gasteiger partial charge >= 0.3 is 0 Å². The lowest BCUT2D eigenvalue weighted by Crippen LogP contribution is -2.36. The Morgan fingerprint density at radius 3 is 2.50 bits per heavy atom. The summed E-state index contributed by atoms with van der Waals surface area (Å²) in [5.74, 6) is 1.81. The highest BCUT2D eigenvalue weighted by molar-refractivity contribution is 5.38. The minimum Gasteiger partial charge on any atom is -0.393 e. The molecule has 4 rings (SSSR count). The summed E-state index contributed by atoms with van der Waals surface area (Å²) in [5.41, 5.74) is 2.99. The van der Waals surface area contributed by atoms with Gasteiger partial charge in [-0.25, -0.2) is 0 Å². The number of aliphatic hydroxyl groups is 3. The van der Waals surface area contributed by atoms with Crippen molar-refractivity contribution in [2.75, 3.05) is 0 Å². The first-order valence-corrected chi connectivity index (χ1v) is 12.8. The Morgan fingerprint density at radius 1 is 1.12 bits per heavy atom. The van der Waals surface area contributed by atoms with Crippen molar-refractivity contribution in [3.63, 3.8) is 0 Å². The van der Waals surface area contributed by atoms with Gasteiger partial charge in [-0.1, -0.05) is 50.3 Å². The minimum absolute atomic E-state index is 0.0124. The summed E-state index contributed by atoms with van der Waals surface area (Å²) < 4.78 is 0. The van der Waals surface area contributed by atoms with Crippen molar-refractivity contribution in [2.24, 2.45) is 28.6 Å². The van der Waals surface area contributed by atoms with Crippen molar-refractivity contribution in [2.45, 2.75) is 103 Å². The molecule has 4 fully saturated rings. The second kappa shape index (κ2) is 8.56. The molecular formula is C29H44O3. The first kappa shape index (κ1) is 24.0. The van der Waals surface area contributed by atoms with Gasteiger partial charge in [-0.15, -0.1) is 0 Å². The fourth-order valence-corrected chi connectivity index (χ4v) is 7.20. The van der Waals surface area contributed by atoms with E-state index >= 15 is 0 Å². The fourth-order valence-electron chi connectivity index (χ4n) is 7.20. The first-order valence-electron chi connectivity index (χ1n) is 12.8. The van der Waals surface area contributed by atoms with Gasteiger partial charge in [0.25, 0.3) is 0 Å². The van der Waals surface area contributed by atoms with Crippen LogP contribution in [0.15, 0.2) is 47.6 Å². The van der Waals surface area contributed by atoms with E-state index in [4.69, 9.17) is 0 Å². The van der Waals surface area contributed by atoms with Gasteiger partial charge in [-0.2, -0.15) is 0 Å². The standard InChI is InChI=1S/C29H44O3/c1-19(12-14-29(15-16-29)27(3,4)32)24-10-11-25-21(7-6-13-28(24,25)5)8-9-22-17-23(30)18-26(31)20(22)2/h8-9,12,14,19,23-26,30-32H,2,6-7,10-11,13,15-18H2,1,3-5H3/b14-12+,21-8+,22-9-/t19-,23-,24-,25+,26+,28-/m1/s1. The minimum atomic E-state index is -0.635. The molecule has 0 unspecified atom stereocenters. The molecule has 3 heteroatoms. The number of hydrogen-bond acceptors (Lipinski definition) is 3. The van der Waals surface area contributed by atoms with Crippen molar-refractivity contribution in [3.8, 4) is 0 Å². The zero-order valence-corrected chi connectivity index (χ0v) is 20.6. The Balaban J connectivity index is 1.50. The van der Waals surface area contributed by atoms with E-state index < -0.39 is 17.8 Å². The summed E-state index contributed by atoms with van der Waals surface area (Å²) in [6.45, 7) is 12.9. The molecular weight excluding hydrogens is 396 g/mol. The van der Waals surface area contributed by atoms with Gasteiger partial charge < -0.3 is 15.3 Å². The molecule has 0 heterocycles. The van der Waals surface area contributed by atoms with Crippen molar-refractivity contribution in [3.05, 3.63) is 47.6 Å². The van der Waals surface area contributed by atoms with Gasteiger partial charge in [0.15, 0.2) is 0 Å². The maximum atomic E-state index is 10.6. The van der Waals surface area contributed by atoms with Crippen molar-refractivity contribution < 1.29 is 15.3 Å². The number of aliphatic hydroxyl groups excluding tert-OH is 2. The number of hydrogen-bond donors (Lipinski definition) is 3. The third-order valence-electron chi connectivity index (χ3n) is 9.66. The van der Waals surface area contributed by atoms with Crippen LogP contribution in [0.1, 0.15) is 85.5 Å². The molecule has 0 saturated heterocycles. The molecule has 0 aromatic carbocycles. The summed E-state index contributed by atoms with van der Waals surface area (Å²) in [6.07, 6.45) is 17.4. The smallest absolute Gasteiger partial charge is 0.0811 e. The summed E-state index contributed by atoms with van der Waals surface area (Å²) in [4.78, 5) is 0. The van der Waals surface area contributed by atoms with Gasteiger partial charge in [-0.05, 0) is 99.5 Å². The molecule has 0 aromatic rings. The zero-order chi connectivity index (χ0) is 23.3. The highest BCUT2D eigenvalue weighted by Gasteiger charge is 2.53. The van der Waals surface area contributed by atoms with E-state index in [9.17, 15) is 15.3 Å². The highest BCUT2D eigenvalue weighted by Crippen LogP contribution is 2.60. The Hall–Kier alpha value is -1.16. The van der Waals surface area contributed by atoms with E-state index in [-0.39, 0.29) is 5.41 Å². The Morgan fingerprint density at radius 2 is 1.84 bits per heavy atom. The van der Waals surface area contributed by atoms with Crippen LogP contribution in [0.4, 0.5) is 0 Å². The summed E-state index contributed by atoms with van der Waals surface area (Å²) in [6, 6.07) is 0. The maximum absolute atomic E-state index is 10.6. The van der Waals surface area contributed by atoms with Crippen LogP contribution in [0, 0.1) is 28.6 Å². The van der Waals surface area contributed by atoms with Crippen LogP contribution in [-0.4, -0.2) is 33.1 Å². The summed E-state index contributed by atoms with van der Waals surface area (Å²) >= 11 is 0. The Kier molecular flexibility index (Phi) is 6.42. The van der Waals surface area contributed by atoms with Crippen LogP contribution in [0.25, 0.3) is 0 Å². The molecule has 4 saturated carbocycles. The number of allylic oxidation sites excluding steroid dienone is 4.